The Balaban J connectivity index is 1.75. The molecule has 2 atom stereocenters. The number of hydrogen-bond acceptors (Lipinski definition) is 3. The first-order valence-electron chi connectivity index (χ1n) is 7.48. The first-order valence-corrected chi connectivity index (χ1v) is 7.48. The van der Waals surface area contributed by atoms with Crippen LogP contribution >= 0.6 is 0 Å². The molecule has 2 aliphatic rings. The summed E-state index contributed by atoms with van der Waals surface area (Å²) in [5.41, 5.74) is 1.07. The zero-order chi connectivity index (χ0) is 14.1. The lowest BCUT2D eigenvalue weighted by atomic mass is 10.0. The summed E-state index contributed by atoms with van der Waals surface area (Å²) < 4.78 is 0. The smallest absolute Gasteiger partial charge is 0.245 e. The highest BCUT2D eigenvalue weighted by atomic mass is 16.2. The second-order valence-electron chi connectivity index (χ2n) is 5.97. The van der Waals surface area contributed by atoms with E-state index in [1.165, 1.54) is 0 Å². The van der Waals surface area contributed by atoms with E-state index >= 15 is 0 Å². The molecule has 2 fully saturated rings. The van der Waals surface area contributed by atoms with Crippen molar-refractivity contribution in [3.8, 4) is 0 Å². The number of amides is 1. The molecule has 4 heteroatoms. The third kappa shape index (κ3) is 2.45. The van der Waals surface area contributed by atoms with Gasteiger partial charge in [-0.2, -0.15) is 0 Å². The molecule has 0 aromatic heterocycles. The van der Waals surface area contributed by atoms with Crippen molar-refractivity contribution in [3.63, 3.8) is 0 Å². The van der Waals surface area contributed by atoms with E-state index in [2.05, 4.69) is 29.1 Å². The molecule has 20 heavy (non-hydrogen) atoms. The van der Waals surface area contributed by atoms with Crippen LogP contribution in [0.25, 0.3) is 0 Å². The molecule has 1 aromatic carbocycles. The average Bonchev–Trinajstić information content (AvgIpc) is 2.76. The van der Waals surface area contributed by atoms with Crippen LogP contribution in [0.3, 0.4) is 0 Å². The van der Waals surface area contributed by atoms with Crippen LogP contribution in [0, 0.1) is 0 Å². The van der Waals surface area contributed by atoms with Crippen LogP contribution in [0.4, 0.5) is 0 Å². The molecular formula is C16H23N3O. The Hall–Kier alpha value is -1.39. The zero-order valence-electron chi connectivity index (χ0n) is 12.2. The molecule has 0 saturated carbocycles. The van der Waals surface area contributed by atoms with Crippen molar-refractivity contribution < 1.29 is 4.79 Å². The van der Waals surface area contributed by atoms with Gasteiger partial charge in [-0.1, -0.05) is 30.3 Å². The highest BCUT2D eigenvalue weighted by Crippen LogP contribution is 2.28. The van der Waals surface area contributed by atoms with Gasteiger partial charge in [-0.15, -0.1) is 0 Å². The molecule has 2 saturated heterocycles. The van der Waals surface area contributed by atoms with Crippen LogP contribution < -0.4 is 5.32 Å². The number of carbonyl (C=O) groups excluding carboxylic acids is 1. The van der Waals surface area contributed by atoms with Crippen molar-refractivity contribution in [3.05, 3.63) is 35.9 Å². The predicted molar refractivity (Wildman–Crippen MR) is 79.1 cm³/mol. The van der Waals surface area contributed by atoms with Gasteiger partial charge in [-0.05, 0) is 45.5 Å². The second-order valence-corrected chi connectivity index (χ2v) is 5.97. The van der Waals surface area contributed by atoms with Crippen molar-refractivity contribution in [2.45, 2.75) is 38.0 Å². The third-order valence-corrected chi connectivity index (χ3v) is 4.54. The SMILES string of the molecule is CC1NC(c2ccccc2)C(=O)N1C1CCN(C)CC1. The Kier molecular flexibility index (Phi) is 3.76. The van der Waals surface area contributed by atoms with E-state index < -0.39 is 0 Å². The van der Waals surface area contributed by atoms with E-state index in [-0.39, 0.29) is 18.1 Å². The molecule has 0 spiro atoms. The number of rotatable bonds is 2. The van der Waals surface area contributed by atoms with E-state index in [0.29, 0.717) is 6.04 Å². The van der Waals surface area contributed by atoms with Gasteiger partial charge in [0, 0.05) is 6.04 Å². The van der Waals surface area contributed by atoms with Crippen molar-refractivity contribution in [1.82, 2.24) is 15.1 Å². The maximum atomic E-state index is 12.7. The van der Waals surface area contributed by atoms with Gasteiger partial charge in [0.05, 0.1) is 6.17 Å². The lowest BCUT2D eigenvalue weighted by molar-refractivity contribution is -0.133. The molecule has 0 radical (unpaired) electrons. The van der Waals surface area contributed by atoms with Crippen LogP contribution in [-0.4, -0.2) is 48.1 Å². The zero-order valence-corrected chi connectivity index (χ0v) is 12.2. The highest BCUT2D eigenvalue weighted by molar-refractivity contribution is 5.86. The maximum Gasteiger partial charge on any atom is 0.245 e. The molecule has 1 amide bonds. The summed E-state index contributed by atoms with van der Waals surface area (Å²) in [5.74, 6) is 0.234. The number of hydrogen-bond donors (Lipinski definition) is 1. The van der Waals surface area contributed by atoms with Gasteiger partial charge in [0.15, 0.2) is 0 Å². The van der Waals surface area contributed by atoms with Gasteiger partial charge in [0.25, 0.3) is 0 Å². The Bertz CT molecular complexity index is 468. The second kappa shape index (κ2) is 5.54. The van der Waals surface area contributed by atoms with Gasteiger partial charge >= 0.3 is 0 Å². The fourth-order valence-corrected chi connectivity index (χ4v) is 3.39. The lowest BCUT2D eigenvalue weighted by Crippen LogP contribution is -2.48. The van der Waals surface area contributed by atoms with Gasteiger partial charge < -0.3 is 9.80 Å². The lowest BCUT2D eigenvalue weighted by Gasteiger charge is -2.37. The maximum absolute atomic E-state index is 12.7. The van der Waals surface area contributed by atoms with Crippen molar-refractivity contribution in [1.29, 1.82) is 0 Å². The Morgan fingerprint density at radius 3 is 2.45 bits per heavy atom. The molecule has 1 aromatic rings. The van der Waals surface area contributed by atoms with Crippen LogP contribution in [0.5, 0.6) is 0 Å². The minimum Gasteiger partial charge on any atom is -0.323 e. The molecule has 2 unspecified atom stereocenters. The molecule has 2 heterocycles. The first-order chi connectivity index (χ1) is 9.66. The van der Waals surface area contributed by atoms with Gasteiger partial charge in [0.1, 0.15) is 6.04 Å². The summed E-state index contributed by atoms with van der Waals surface area (Å²) >= 11 is 0. The van der Waals surface area contributed by atoms with Crippen molar-refractivity contribution in [2.24, 2.45) is 0 Å². The molecule has 2 aliphatic heterocycles. The molecule has 108 valence electrons. The topological polar surface area (TPSA) is 35.6 Å². The molecule has 1 N–H and O–H groups in total. The van der Waals surface area contributed by atoms with E-state index in [4.69, 9.17) is 0 Å². The monoisotopic (exact) mass is 273 g/mol. The molecule has 0 bridgehead atoms. The minimum absolute atomic E-state index is 0.126. The number of piperidine rings is 1. The Morgan fingerprint density at radius 2 is 1.80 bits per heavy atom. The number of likely N-dealkylation sites (tertiary alicyclic amines) is 1. The van der Waals surface area contributed by atoms with E-state index in [9.17, 15) is 4.79 Å². The third-order valence-electron chi connectivity index (χ3n) is 4.54. The molecular weight excluding hydrogens is 250 g/mol. The Labute approximate surface area is 120 Å². The number of carbonyl (C=O) groups is 1. The fraction of sp³-hybridized carbons (Fsp3) is 0.562. The highest BCUT2D eigenvalue weighted by Gasteiger charge is 2.41. The normalized spacial score (nSPS) is 29.1. The van der Waals surface area contributed by atoms with Crippen molar-refractivity contribution >= 4 is 5.91 Å². The van der Waals surface area contributed by atoms with Crippen LogP contribution in [0.2, 0.25) is 0 Å². The quantitative estimate of drug-likeness (QED) is 0.889. The molecule has 0 aliphatic carbocycles. The van der Waals surface area contributed by atoms with Gasteiger partial charge in [-0.3, -0.25) is 10.1 Å². The Morgan fingerprint density at radius 1 is 1.15 bits per heavy atom. The first kappa shape index (κ1) is 13.6. The largest absolute Gasteiger partial charge is 0.323 e. The average molecular weight is 273 g/mol. The summed E-state index contributed by atoms with van der Waals surface area (Å²) in [5, 5.41) is 3.44. The summed E-state index contributed by atoms with van der Waals surface area (Å²) in [7, 11) is 2.15. The van der Waals surface area contributed by atoms with E-state index in [0.717, 1.165) is 31.5 Å². The van der Waals surface area contributed by atoms with Crippen LogP contribution in [0.1, 0.15) is 31.4 Å². The predicted octanol–water partition coefficient (Wildman–Crippen LogP) is 1.60. The number of nitrogens with one attached hydrogen (secondary N) is 1. The summed E-state index contributed by atoms with van der Waals surface area (Å²) in [6, 6.07) is 10.2. The standard InChI is InChI=1S/C16H23N3O/c1-12-17-15(13-6-4-3-5-7-13)16(20)19(12)14-8-10-18(2)11-9-14/h3-7,12,14-15,17H,8-11H2,1-2H3. The van der Waals surface area contributed by atoms with Crippen LogP contribution in [0.15, 0.2) is 30.3 Å². The minimum atomic E-state index is -0.175. The van der Waals surface area contributed by atoms with E-state index in [1.54, 1.807) is 0 Å². The number of nitrogens with zero attached hydrogens (tertiary/aromatic N) is 2. The summed E-state index contributed by atoms with van der Waals surface area (Å²) in [4.78, 5) is 17.2. The summed E-state index contributed by atoms with van der Waals surface area (Å²) in [6.45, 7) is 4.26. The number of benzene rings is 1. The summed E-state index contributed by atoms with van der Waals surface area (Å²) in [6.07, 6.45) is 2.28. The molecule has 3 rings (SSSR count). The van der Waals surface area contributed by atoms with Crippen LogP contribution in [-0.2, 0) is 4.79 Å². The van der Waals surface area contributed by atoms with Crippen molar-refractivity contribution in [2.75, 3.05) is 20.1 Å². The molecule has 4 nitrogen and oxygen atoms in total. The van der Waals surface area contributed by atoms with Gasteiger partial charge in [0.2, 0.25) is 5.91 Å². The van der Waals surface area contributed by atoms with E-state index in [1.807, 2.05) is 30.3 Å². The fourth-order valence-electron chi connectivity index (χ4n) is 3.39. The van der Waals surface area contributed by atoms with Gasteiger partial charge in [-0.25, -0.2) is 0 Å².